The summed E-state index contributed by atoms with van der Waals surface area (Å²) in [6.45, 7) is 2.16. The van der Waals surface area contributed by atoms with Gasteiger partial charge < -0.3 is 5.73 Å². The molecule has 0 amide bonds. The summed E-state index contributed by atoms with van der Waals surface area (Å²) in [6.07, 6.45) is 10.4. The quantitative estimate of drug-likeness (QED) is 0.870. The summed E-state index contributed by atoms with van der Waals surface area (Å²) in [5, 5.41) is 4.30. The first-order valence-electron chi connectivity index (χ1n) is 7.09. The zero-order valence-corrected chi connectivity index (χ0v) is 11.8. The molecule has 4 nitrogen and oxygen atoms in total. The molecule has 2 unspecified atom stereocenters. The van der Waals surface area contributed by atoms with E-state index in [-0.39, 0.29) is 6.04 Å². The first-order valence-corrected chi connectivity index (χ1v) is 7.09. The van der Waals surface area contributed by atoms with Crippen LogP contribution in [0.25, 0.3) is 0 Å². The minimum atomic E-state index is 0.180. The summed E-state index contributed by atoms with van der Waals surface area (Å²) in [5.41, 5.74) is 7.60. The van der Waals surface area contributed by atoms with E-state index in [2.05, 4.69) is 30.2 Å². The fourth-order valence-electron chi connectivity index (χ4n) is 3.14. The van der Waals surface area contributed by atoms with Gasteiger partial charge in [0.25, 0.3) is 0 Å². The Kier molecular flexibility index (Phi) is 4.40. The number of aryl methyl sites for hydroxylation is 1. The summed E-state index contributed by atoms with van der Waals surface area (Å²) in [5.74, 6) is 0. The molecule has 2 atom stereocenters. The molecule has 0 spiro atoms. The summed E-state index contributed by atoms with van der Waals surface area (Å²) < 4.78 is 1.87. The maximum absolute atomic E-state index is 6.35. The molecule has 4 heteroatoms. The Balaban J connectivity index is 2.18. The zero-order valence-electron chi connectivity index (χ0n) is 11.8. The van der Waals surface area contributed by atoms with Crippen molar-refractivity contribution in [3.8, 4) is 0 Å². The van der Waals surface area contributed by atoms with E-state index < -0.39 is 0 Å². The van der Waals surface area contributed by atoms with Gasteiger partial charge in [0.1, 0.15) is 0 Å². The molecular weight excluding hydrogens is 224 g/mol. The molecule has 2 N–H and O–H groups in total. The molecule has 18 heavy (non-hydrogen) atoms. The minimum Gasteiger partial charge on any atom is -0.326 e. The standard InChI is InChI=1S/C14H26N4/c1-4-13(15)14(11-9-16-17(2)10-11)18(3)12-7-5-6-8-12/h9-10,12-14H,4-8,15H2,1-3H3. The fourth-order valence-corrected chi connectivity index (χ4v) is 3.14. The van der Waals surface area contributed by atoms with Crippen LogP contribution in [0.1, 0.15) is 50.6 Å². The molecule has 0 aromatic carbocycles. The lowest BCUT2D eigenvalue weighted by atomic mass is 9.97. The second-order valence-corrected chi connectivity index (χ2v) is 5.57. The van der Waals surface area contributed by atoms with Crippen LogP contribution in [0.2, 0.25) is 0 Å². The highest BCUT2D eigenvalue weighted by Crippen LogP contribution is 2.31. The molecule has 1 aromatic heterocycles. The highest BCUT2D eigenvalue weighted by atomic mass is 15.3. The van der Waals surface area contributed by atoms with Crippen molar-refractivity contribution in [3.05, 3.63) is 18.0 Å². The van der Waals surface area contributed by atoms with Gasteiger partial charge in [-0.3, -0.25) is 9.58 Å². The summed E-state index contributed by atoms with van der Waals surface area (Å²) in [7, 11) is 4.19. The second kappa shape index (κ2) is 5.85. The van der Waals surface area contributed by atoms with Crippen molar-refractivity contribution in [2.24, 2.45) is 12.8 Å². The van der Waals surface area contributed by atoms with Crippen molar-refractivity contribution in [2.75, 3.05) is 7.05 Å². The van der Waals surface area contributed by atoms with Gasteiger partial charge >= 0.3 is 0 Å². The normalized spacial score (nSPS) is 20.5. The largest absolute Gasteiger partial charge is 0.326 e. The van der Waals surface area contributed by atoms with Crippen molar-refractivity contribution < 1.29 is 0 Å². The molecule has 1 heterocycles. The van der Waals surface area contributed by atoms with Crippen LogP contribution < -0.4 is 5.73 Å². The van der Waals surface area contributed by atoms with Gasteiger partial charge in [0.05, 0.1) is 12.2 Å². The average Bonchev–Trinajstić information content (AvgIpc) is 3.00. The van der Waals surface area contributed by atoms with E-state index in [1.54, 1.807) is 0 Å². The van der Waals surface area contributed by atoms with Crippen molar-refractivity contribution in [3.63, 3.8) is 0 Å². The first kappa shape index (κ1) is 13.6. The fraction of sp³-hybridized carbons (Fsp3) is 0.786. The van der Waals surface area contributed by atoms with E-state index >= 15 is 0 Å². The lowest BCUT2D eigenvalue weighted by Crippen LogP contribution is -2.42. The van der Waals surface area contributed by atoms with E-state index in [0.29, 0.717) is 12.1 Å². The Morgan fingerprint density at radius 1 is 1.50 bits per heavy atom. The van der Waals surface area contributed by atoms with E-state index in [0.717, 1.165) is 6.42 Å². The topological polar surface area (TPSA) is 47.1 Å². The van der Waals surface area contributed by atoms with E-state index in [1.165, 1.54) is 31.2 Å². The van der Waals surface area contributed by atoms with Crippen molar-refractivity contribution in [1.29, 1.82) is 0 Å². The number of likely N-dealkylation sites (N-methyl/N-ethyl adjacent to an activating group) is 1. The van der Waals surface area contributed by atoms with Gasteiger partial charge in [-0.15, -0.1) is 0 Å². The van der Waals surface area contributed by atoms with Crippen LogP contribution in [-0.4, -0.2) is 33.8 Å². The van der Waals surface area contributed by atoms with Gasteiger partial charge in [-0.2, -0.15) is 5.10 Å². The Morgan fingerprint density at radius 2 is 2.17 bits per heavy atom. The van der Waals surface area contributed by atoms with Gasteiger partial charge in [0.15, 0.2) is 0 Å². The van der Waals surface area contributed by atoms with E-state index in [1.807, 2.05) is 17.9 Å². The number of hydrogen-bond acceptors (Lipinski definition) is 3. The maximum atomic E-state index is 6.35. The third kappa shape index (κ3) is 2.75. The predicted octanol–water partition coefficient (Wildman–Crippen LogP) is 2.07. The van der Waals surface area contributed by atoms with Gasteiger partial charge in [-0.05, 0) is 26.3 Å². The minimum absolute atomic E-state index is 0.180. The van der Waals surface area contributed by atoms with Gasteiger partial charge in [0, 0.05) is 30.9 Å². The smallest absolute Gasteiger partial charge is 0.0538 e. The van der Waals surface area contributed by atoms with Gasteiger partial charge in [0.2, 0.25) is 0 Å². The molecule has 1 aliphatic carbocycles. The lowest BCUT2D eigenvalue weighted by Gasteiger charge is -2.36. The van der Waals surface area contributed by atoms with Crippen molar-refractivity contribution in [2.45, 2.75) is 57.2 Å². The third-order valence-corrected chi connectivity index (χ3v) is 4.28. The monoisotopic (exact) mass is 250 g/mol. The molecule has 1 fully saturated rings. The zero-order chi connectivity index (χ0) is 13.1. The molecule has 102 valence electrons. The van der Waals surface area contributed by atoms with Crippen molar-refractivity contribution >= 4 is 0 Å². The molecule has 1 aliphatic rings. The number of nitrogens with zero attached hydrogens (tertiary/aromatic N) is 3. The maximum Gasteiger partial charge on any atom is 0.0538 e. The number of rotatable bonds is 5. The van der Waals surface area contributed by atoms with Crippen LogP contribution in [0.4, 0.5) is 0 Å². The van der Waals surface area contributed by atoms with E-state index in [9.17, 15) is 0 Å². The summed E-state index contributed by atoms with van der Waals surface area (Å²) in [4.78, 5) is 2.48. The van der Waals surface area contributed by atoms with Crippen LogP contribution in [0.3, 0.4) is 0 Å². The van der Waals surface area contributed by atoms with Crippen molar-refractivity contribution in [1.82, 2.24) is 14.7 Å². The summed E-state index contributed by atoms with van der Waals surface area (Å²) in [6, 6.07) is 1.17. The molecule has 0 bridgehead atoms. The first-order chi connectivity index (χ1) is 8.63. The predicted molar refractivity (Wildman–Crippen MR) is 74.2 cm³/mol. The van der Waals surface area contributed by atoms with Crippen LogP contribution in [0.15, 0.2) is 12.4 Å². The van der Waals surface area contributed by atoms with Crippen LogP contribution >= 0.6 is 0 Å². The Labute approximate surface area is 110 Å². The molecular formula is C14H26N4. The average molecular weight is 250 g/mol. The van der Waals surface area contributed by atoms with Gasteiger partial charge in [-0.1, -0.05) is 19.8 Å². The number of hydrogen-bond donors (Lipinski definition) is 1. The summed E-state index contributed by atoms with van der Waals surface area (Å²) >= 11 is 0. The number of aromatic nitrogens is 2. The molecule has 1 aromatic rings. The SMILES string of the molecule is CCC(N)C(c1cnn(C)c1)N(C)C1CCCC1. The lowest BCUT2D eigenvalue weighted by molar-refractivity contribution is 0.150. The number of nitrogens with two attached hydrogens (primary N) is 1. The molecule has 0 saturated heterocycles. The Bertz CT molecular complexity index is 368. The second-order valence-electron chi connectivity index (χ2n) is 5.57. The highest BCUT2D eigenvalue weighted by molar-refractivity contribution is 5.14. The van der Waals surface area contributed by atoms with Crippen LogP contribution in [0, 0.1) is 0 Å². The van der Waals surface area contributed by atoms with Gasteiger partial charge in [-0.25, -0.2) is 0 Å². The molecule has 1 saturated carbocycles. The molecule has 0 radical (unpaired) electrons. The molecule has 2 rings (SSSR count). The highest BCUT2D eigenvalue weighted by Gasteiger charge is 2.30. The van der Waals surface area contributed by atoms with Crippen LogP contribution in [0.5, 0.6) is 0 Å². The molecule has 0 aliphatic heterocycles. The third-order valence-electron chi connectivity index (χ3n) is 4.28. The Hall–Kier alpha value is -0.870. The Morgan fingerprint density at radius 3 is 2.67 bits per heavy atom. The van der Waals surface area contributed by atoms with E-state index in [4.69, 9.17) is 5.73 Å². The van der Waals surface area contributed by atoms with Crippen LogP contribution in [-0.2, 0) is 7.05 Å².